The Kier molecular flexibility index (Phi) is 38.7. The summed E-state index contributed by atoms with van der Waals surface area (Å²) in [7, 11) is -5.25. The molecule has 10 nitrogen and oxygen atoms in total. The molecule has 0 saturated heterocycles. The predicted octanol–water partition coefficient (Wildman–Crippen LogP) is 0.0329. The van der Waals surface area contributed by atoms with Gasteiger partial charge in [0, 0.05) is 26.3 Å². The summed E-state index contributed by atoms with van der Waals surface area (Å²) < 4.78 is 25.6. The van der Waals surface area contributed by atoms with E-state index < -0.39 is 32.5 Å². The molecule has 0 unspecified atom stereocenters. The summed E-state index contributed by atoms with van der Waals surface area (Å²) >= 11 is 0. The number of phosphoric ester groups is 1. The van der Waals surface area contributed by atoms with Crippen molar-refractivity contribution in [2.45, 2.75) is 161 Å². The second-order valence-corrected chi connectivity index (χ2v) is 12.4. The van der Waals surface area contributed by atoms with Crippen LogP contribution in [0.25, 0.3) is 0 Å². The first-order chi connectivity index (χ1) is 20.1. The van der Waals surface area contributed by atoms with Crippen molar-refractivity contribution < 1.29 is 102 Å². The molecule has 0 aliphatic heterocycles. The Morgan fingerprint density at radius 1 is 0.636 bits per heavy atom. The second kappa shape index (κ2) is 34.8. The van der Waals surface area contributed by atoms with Gasteiger partial charge in [-0.15, -0.1) is 0 Å². The third-order valence-electron chi connectivity index (χ3n) is 7.06. The minimum Gasteiger partial charge on any atom is -0.790 e. The summed E-state index contributed by atoms with van der Waals surface area (Å²) in [6.45, 7) is 3.47. The predicted molar refractivity (Wildman–Crippen MR) is 160 cm³/mol. The van der Waals surface area contributed by atoms with Gasteiger partial charge in [0.05, 0.1) is 14.4 Å². The first kappa shape index (κ1) is 48.9. The minimum absolute atomic E-state index is 0. The quantitative estimate of drug-likeness (QED) is 0.0485. The molecule has 0 aliphatic carbocycles. The van der Waals surface area contributed by atoms with Gasteiger partial charge in [-0.25, -0.2) is 0 Å². The van der Waals surface area contributed by atoms with Crippen molar-refractivity contribution >= 4 is 25.7 Å². The molecule has 0 bridgehead atoms. The van der Waals surface area contributed by atoms with Gasteiger partial charge in [0.1, 0.15) is 6.61 Å². The maximum Gasteiger partial charge on any atom is 1.00 e. The van der Waals surface area contributed by atoms with Crippen LogP contribution in [0.1, 0.15) is 155 Å². The Morgan fingerprint density at radius 2 is 1.05 bits per heavy atom. The molecular formula is C31H58NNa2O9P. The molecule has 0 aromatic rings. The van der Waals surface area contributed by atoms with Crippen LogP contribution in [0.5, 0.6) is 0 Å². The van der Waals surface area contributed by atoms with E-state index in [1.807, 2.05) is 0 Å². The number of unbranched alkanes of at least 4 members (excludes halogenated alkanes) is 18. The van der Waals surface area contributed by atoms with E-state index in [2.05, 4.69) is 16.8 Å². The smallest absolute Gasteiger partial charge is 0.790 e. The fraction of sp³-hybridized carbons (Fsp3) is 0.903. The molecule has 0 saturated carbocycles. The van der Waals surface area contributed by atoms with Gasteiger partial charge >= 0.3 is 71.1 Å². The SMILES string of the molecule is CCCCCCCCCCCC(=O)O[C@@H](COC(=O)CCCCCCCCCCCCCNC(C)=O)COP(=O)([O-])[O-].[Na+].[Na+]. The Hall–Kier alpha value is 0.520. The zero-order valence-electron chi connectivity index (χ0n) is 28.4. The van der Waals surface area contributed by atoms with E-state index in [-0.39, 0.29) is 84.5 Å². The van der Waals surface area contributed by atoms with Gasteiger partial charge in [-0.05, 0) is 19.3 Å². The zero-order valence-corrected chi connectivity index (χ0v) is 33.3. The molecule has 0 radical (unpaired) electrons. The number of rotatable bonds is 30. The molecule has 1 atom stereocenters. The molecule has 248 valence electrons. The molecule has 1 N–H and O–H groups in total. The first-order valence-electron chi connectivity index (χ1n) is 16.4. The van der Waals surface area contributed by atoms with Crippen LogP contribution in [0, 0.1) is 0 Å². The molecular weight excluding hydrogens is 607 g/mol. The summed E-state index contributed by atoms with van der Waals surface area (Å²) in [5.41, 5.74) is 0. The van der Waals surface area contributed by atoms with Crippen LogP contribution < -0.4 is 74.2 Å². The molecule has 0 aliphatic rings. The average Bonchev–Trinajstić information content (AvgIpc) is 2.93. The molecule has 13 heteroatoms. The number of hydrogen-bond acceptors (Lipinski definition) is 9. The molecule has 0 spiro atoms. The van der Waals surface area contributed by atoms with E-state index in [0.717, 1.165) is 57.9 Å². The van der Waals surface area contributed by atoms with Crippen molar-refractivity contribution in [2.24, 2.45) is 0 Å². The van der Waals surface area contributed by atoms with Crippen LogP contribution in [-0.2, 0) is 32.9 Å². The van der Waals surface area contributed by atoms with Crippen molar-refractivity contribution in [2.75, 3.05) is 19.8 Å². The van der Waals surface area contributed by atoms with Gasteiger partial charge in [-0.3, -0.25) is 14.4 Å². The maximum absolute atomic E-state index is 12.2. The average molecular weight is 666 g/mol. The largest absolute Gasteiger partial charge is 1.00 e. The third-order valence-corrected chi connectivity index (χ3v) is 7.53. The van der Waals surface area contributed by atoms with Gasteiger partial charge in [0.15, 0.2) is 6.10 Å². The summed E-state index contributed by atoms with van der Waals surface area (Å²) in [5.74, 6) is -0.961. The normalized spacial score (nSPS) is 11.6. The number of carbonyl (C=O) groups is 3. The fourth-order valence-electron chi connectivity index (χ4n) is 4.62. The minimum atomic E-state index is -5.25. The number of hydrogen-bond donors (Lipinski definition) is 1. The van der Waals surface area contributed by atoms with E-state index in [0.29, 0.717) is 12.8 Å². The topological polar surface area (TPSA) is 154 Å². The van der Waals surface area contributed by atoms with E-state index >= 15 is 0 Å². The summed E-state index contributed by atoms with van der Waals surface area (Å²) in [6.07, 6.45) is 21.1. The summed E-state index contributed by atoms with van der Waals surface area (Å²) in [5, 5.41) is 2.81. The molecule has 1 amide bonds. The summed E-state index contributed by atoms with van der Waals surface area (Å²) in [4.78, 5) is 56.9. The molecule has 0 rings (SSSR count). The van der Waals surface area contributed by atoms with Gasteiger partial charge in [-0.1, -0.05) is 116 Å². The Morgan fingerprint density at radius 3 is 1.48 bits per heavy atom. The number of esters is 2. The van der Waals surface area contributed by atoms with Crippen LogP contribution in [-0.4, -0.2) is 43.7 Å². The van der Waals surface area contributed by atoms with E-state index in [4.69, 9.17) is 9.47 Å². The number of phosphoric acid groups is 1. The molecule has 0 aromatic carbocycles. The molecule has 44 heavy (non-hydrogen) atoms. The van der Waals surface area contributed by atoms with Crippen molar-refractivity contribution in [3.05, 3.63) is 0 Å². The number of amides is 1. The van der Waals surface area contributed by atoms with Crippen molar-refractivity contribution in [3.8, 4) is 0 Å². The molecule has 0 heterocycles. The maximum atomic E-state index is 12.2. The van der Waals surface area contributed by atoms with Gasteiger partial charge < -0.3 is 33.7 Å². The van der Waals surface area contributed by atoms with E-state index in [9.17, 15) is 28.7 Å². The van der Waals surface area contributed by atoms with Gasteiger partial charge in [0.2, 0.25) is 5.91 Å². The van der Waals surface area contributed by atoms with Crippen molar-refractivity contribution in [1.29, 1.82) is 0 Å². The van der Waals surface area contributed by atoms with Crippen molar-refractivity contribution in [3.63, 3.8) is 0 Å². The van der Waals surface area contributed by atoms with Crippen LogP contribution in [0.2, 0.25) is 0 Å². The Bertz CT molecular complexity index is 741. The van der Waals surface area contributed by atoms with E-state index in [1.54, 1.807) is 0 Å². The number of carbonyl (C=O) groups excluding carboxylic acids is 3. The second-order valence-electron chi connectivity index (χ2n) is 11.2. The Balaban J connectivity index is -0.00000840. The van der Waals surface area contributed by atoms with Crippen LogP contribution >= 0.6 is 7.82 Å². The Labute approximate surface area is 311 Å². The monoisotopic (exact) mass is 665 g/mol. The zero-order chi connectivity index (χ0) is 31.3. The van der Waals surface area contributed by atoms with Crippen LogP contribution in [0.4, 0.5) is 0 Å². The first-order valence-corrected chi connectivity index (χ1v) is 17.9. The molecule has 0 aromatic heterocycles. The van der Waals surface area contributed by atoms with Crippen LogP contribution in [0.15, 0.2) is 0 Å². The van der Waals surface area contributed by atoms with E-state index in [1.165, 1.54) is 71.1 Å². The van der Waals surface area contributed by atoms with Gasteiger partial charge in [0.25, 0.3) is 0 Å². The fourth-order valence-corrected chi connectivity index (χ4v) is 4.97. The number of nitrogens with one attached hydrogen (secondary N) is 1. The number of ether oxygens (including phenoxy) is 2. The van der Waals surface area contributed by atoms with Crippen LogP contribution in [0.3, 0.4) is 0 Å². The van der Waals surface area contributed by atoms with Crippen molar-refractivity contribution in [1.82, 2.24) is 5.32 Å². The third kappa shape index (κ3) is 38.7. The standard InChI is InChI=1S/C31H60NO9P.2Na/c1-3-4-5-6-7-11-15-18-21-24-31(35)41-29(27-40-42(36,37)38)26-39-30(34)23-20-17-14-12-9-8-10-13-16-19-22-25-32-28(2)33;;/h29H,3-27H2,1-2H3,(H,32,33)(H2,36,37,38);;/q;2*+1/p-2/t29-;;/m0../s1. The molecule has 0 fully saturated rings. The summed E-state index contributed by atoms with van der Waals surface area (Å²) in [6, 6.07) is 0. The van der Waals surface area contributed by atoms with Gasteiger partial charge in [-0.2, -0.15) is 0 Å².